The molecule has 2 aliphatic heterocycles. The number of aryl methyl sites for hydroxylation is 1. The number of H-pyrrole nitrogens is 1. The molecule has 2 saturated heterocycles. The molecule has 144 valence electrons. The van der Waals surface area contributed by atoms with Gasteiger partial charge < -0.3 is 14.8 Å². The first-order valence-electron chi connectivity index (χ1n) is 9.78. The van der Waals surface area contributed by atoms with Crippen molar-refractivity contribution in [1.82, 2.24) is 24.7 Å². The van der Waals surface area contributed by atoms with E-state index in [-0.39, 0.29) is 11.8 Å². The molecule has 2 amide bonds. The third kappa shape index (κ3) is 3.98. The molecular weight excluding hydrogens is 342 g/mol. The normalized spacial score (nSPS) is 19.6. The fraction of sp³-hybridized carbons (Fsp3) is 0.550. The van der Waals surface area contributed by atoms with Crippen molar-refractivity contribution in [3.8, 4) is 0 Å². The smallest absolute Gasteiger partial charge is 0.225 e. The van der Waals surface area contributed by atoms with Crippen LogP contribution in [0, 0.1) is 12.8 Å². The lowest BCUT2D eigenvalue weighted by molar-refractivity contribution is -0.140. The number of carbonyl (C=O) groups excluding carboxylic acids is 2. The van der Waals surface area contributed by atoms with E-state index in [0.29, 0.717) is 26.2 Å². The fourth-order valence-electron chi connectivity index (χ4n) is 4.11. The highest BCUT2D eigenvalue weighted by Gasteiger charge is 2.30. The van der Waals surface area contributed by atoms with Gasteiger partial charge in [0.15, 0.2) is 0 Å². The Balaban J connectivity index is 1.29. The van der Waals surface area contributed by atoms with Crippen LogP contribution in [0.4, 0.5) is 0 Å². The van der Waals surface area contributed by atoms with Gasteiger partial charge in [0, 0.05) is 32.1 Å². The van der Waals surface area contributed by atoms with Gasteiger partial charge in [-0.15, -0.1) is 0 Å². The van der Waals surface area contributed by atoms with Gasteiger partial charge in [0.1, 0.15) is 5.82 Å². The van der Waals surface area contributed by atoms with Crippen LogP contribution in [0.3, 0.4) is 0 Å². The Kier molecular flexibility index (Phi) is 5.11. The number of benzene rings is 1. The van der Waals surface area contributed by atoms with Gasteiger partial charge in [-0.25, -0.2) is 4.98 Å². The Morgan fingerprint density at radius 2 is 1.93 bits per heavy atom. The van der Waals surface area contributed by atoms with E-state index in [1.807, 2.05) is 4.90 Å². The maximum atomic E-state index is 12.7. The van der Waals surface area contributed by atoms with E-state index >= 15 is 0 Å². The van der Waals surface area contributed by atoms with E-state index in [0.717, 1.165) is 55.7 Å². The van der Waals surface area contributed by atoms with Crippen LogP contribution in [0.5, 0.6) is 0 Å². The molecular formula is C20H27N5O2. The summed E-state index contributed by atoms with van der Waals surface area (Å²) in [7, 11) is 0. The molecule has 0 bridgehead atoms. The molecule has 4 rings (SSSR count). The molecule has 1 aromatic heterocycles. The first-order chi connectivity index (χ1) is 13.1. The summed E-state index contributed by atoms with van der Waals surface area (Å²) >= 11 is 0. The number of piperazine rings is 1. The molecule has 7 nitrogen and oxygen atoms in total. The second-order valence-electron chi connectivity index (χ2n) is 7.72. The van der Waals surface area contributed by atoms with Gasteiger partial charge in [-0.2, -0.15) is 0 Å². The van der Waals surface area contributed by atoms with Gasteiger partial charge in [0.25, 0.3) is 0 Å². The van der Waals surface area contributed by atoms with Crippen molar-refractivity contribution in [2.24, 2.45) is 5.92 Å². The maximum absolute atomic E-state index is 12.7. The molecule has 0 aliphatic carbocycles. The summed E-state index contributed by atoms with van der Waals surface area (Å²) < 4.78 is 0. The molecule has 2 fully saturated rings. The van der Waals surface area contributed by atoms with Gasteiger partial charge >= 0.3 is 0 Å². The Labute approximate surface area is 159 Å². The molecule has 1 aromatic carbocycles. The lowest BCUT2D eigenvalue weighted by Crippen LogP contribution is -2.51. The maximum Gasteiger partial charge on any atom is 0.225 e. The Morgan fingerprint density at radius 1 is 1.19 bits per heavy atom. The highest BCUT2D eigenvalue weighted by Crippen LogP contribution is 2.22. The van der Waals surface area contributed by atoms with Crippen molar-refractivity contribution in [3.05, 3.63) is 29.6 Å². The third-order valence-corrected chi connectivity index (χ3v) is 5.77. The first kappa shape index (κ1) is 18.0. The number of imidazole rings is 1. The summed E-state index contributed by atoms with van der Waals surface area (Å²) in [6.07, 6.45) is 2.66. The van der Waals surface area contributed by atoms with Gasteiger partial charge in [-0.3, -0.25) is 14.5 Å². The van der Waals surface area contributed by atoms with Crippen LogP contribution in [0.1, 0.15) is 24.2 Å². The van der Waals surface area contributed by atoms with E-state index in [1.165, 1.54) is 5.56 Å². The summed E-state index contributed by atoms with van der Waals surface area (Å²) in [6, 6.07) is 6.26. The number of aromatic amines is 1. The number of amides is 2. The summed E-state index contributed by atoms with van der Waals surface area (Å²) in [5.41, 5.74) is 3.32. The average Bonchev–Trinajstić information content (AvgIpc) is 3.09. The van der Waals surface area contributed by atoms with Crippen molar-refractivity contribution in [3.63, 3.8) is 0 Å². The highest BCUT2D eigenvalue weighted by atomic mass is 16.2. The molecule has 27 heavy (non-hydrogen) atoms. The monoisotopic (exact) mass is 369 g/mol. The Morgan fingerprint density at radius 3 is 2.63 bits per heavy atom. The Hall–Kier alpha value is -2.41. The highest BCUT2D eigenvalue weighted by molar-refractivity contribution is 5.79. The zero-order valence-corrected chi connectivity index (χ0v) is 15.9. The topological polar surface area (TPSA) is 72.5 Å². The third-order valence-electron chi connectivity index (χ3n) is 5.77. The zero-order valence-electron chi connectivity index (χ0n) is 15.9. The molecule has 0 unspecified atom stereocenters. The average molecular weight is 369 g/mol. The van der Waals surface area contributed by atoms with E-state index in [9.17, 15) is 9.59 Å². The molecule has 0 atom stereocenters. The minimum Gasteiger partial charge on any atom is -0.342 e. The van der Waals surface area contributed by atoms with E-state index < -0.39 is 0 Å². The van der Waals surface area contributed by atoms with Crippen LogP contribution in [0.2, 0.25) is 0 Å². The molecule has 0 radical (unpaired) electrons. The van der Waals surface area contributed by atoms with Crippen LogP contribution >= 0.6 is 0 Å². The quantitative estimate of drug-likeness (QED) is 0.827. The molecule has 3 heterocycles. The Bertz CT molecular complexity index is 817. The summed E-state index contributed by atoms with van der Waals surface area (Å²) in [6.45, 7) is 7.35. The van der Waals surface area contributed by atoms with E-state index in [4.69, 9.17) is 0 Å². The predicted octanol–water partition coefficient (Wildman–Crippen LogP) is 1.38. The summed E-state index contributed by atoms with van der Waals surface area (Å²) in [5, 5.41) is 0. The molecule has 2 aliphatic rings. The number of likely N-dealkylation sites (tertiary alicyclic amines) is 1. The van der Waals surface area contributed by atoms with E-state index in [2.05, 4.69) is 40.0 Å². The van der Waals surface area contributed by atoms with Crippen molar-refractivity contribution in [2.75, 3.05) is 39.3 Å². The number of nitrogens with zero attached hydrogens (tertiary/aromatic N) is 4. The number of hydrogen-bond donors (Lipinski definition) is 1. The van der Waals surface area contributed by atoms with Crippen LogP contribution in [-0.2, 0) is 16.1 Å². The summed E-state index contributed by atoms with van der Waals surface area (Å²) in [4.78, 5) is 37.7. The lowest BCUT2D eigenvalue weighted by Gasteiger charge is -2.37. The number of hydrogen-bond acceptors (Lipinski definition) is 4. The first-order valence-corrected chi connectivity index (χ1v) is 9.78. The van der Waals surface area contributed by atoms with Gasteiger partial charge in [-0.05, 0) is 50.6 Å². The summed E-state index contributed by atoms with van der Waals surface area (Å²) in [5.74, 6) is 1.37. The van der Waals surface area contributed by atoms with Crippen LogP contribution < -0.4 is 0 Å². The largest absolute Gasteiger partial charge is 0.342 e. The molecule has 7 heteroatoms. The molecule has 0 spiro atoms. The lowest BCUT2D eigenvalue weighted by atomic mass is 9.95. The van der Waals surface area contributed by atoms with Crippen LogP contribution in [0.25, 0.3) is 11.0 Å². The number of rotatable bonds is 4. The molecule has 1 N–H and O–H groups in total. The SMILES string of the molecule is Cc1ccc2nc(CN3CCC(C(=O)N4CCN(C=O)CC4)CC3)[nH]c2c1. The van der Waals surface area contributed by atoms with Crippen molar-refractivity contribution >= 4 is 23.4 Å². The number of piperidine rings is 1. The standard InChI is InChI=1S/C20H27N5O2/c1-15-2-3-17-18(12-15)22-19(21-17)13-23-6-4-16(5-7-23)20(27)25-10-8-24(14-26)9-11-25/h2-3,12,14,16H,4-11,13H2,1H3,(H,21,22). The van der Waals surface area contributed by atoms with Crippen LogP contribution in [0.15, 0.2) is 18.2 Å². The minimum absolute atomic E-state index is 0.113. The predicted molar refractivity (Wildman–Crippen MR) is 103 cm³/mol. The molecule has 0 saturated carbocycles. The van der Waals surface area contributed by atoms with Crippen molar-refractivity contribution < 1.29 is 9.59 Å². The number of fused-ring (bicyclic) bond motifs is 1. The van der Waals surface area contributed by atoms with Gasteiger partial charge in [0.05, 0.1) is 17.6 Å². The fourth-order valence-corrected chi connectivity index (χ4v) is 4.11. The number of carbonyl (C=O) groups is 2. The second kappa shape index (κ2) is 7.68. The van der Waals surface area contributed by atoms with Gasteiger partial charge in [-0.1, -0.05) is 6.07 Å². The second-order valence-corrected chi connectivity index (χ2v) is 7.72. The number of aromatic nitrogens is 2. The van der Waals surface area contributed by atoms with Crippen molar-refractivity contribution in [1.29, 1.82) is 0 Å². The minimum atomic E-state index is 0.113. The molecule has 2 aromatic rings. The number of nitrogens with one attached hydrogen (secondary N) is 1. The zero-order chi connectivity index (χ0) is 18.8. The van der Waals surface area contributed by atoms with Gasteiger partial charge in [0.2, 0.25) is 12.3 Å². The van der Waals surface area contributed by atoms with E-state index in [1.54, 1.807) is 4.90 Å². The van der Waals surface area contributed by atoms with Crippen LogP contribution in [-0.4, -0.2) is 76.3 Å². The van der Waals surface area contributed by atoms with Crippen molar-refractivity contribution in [2.45, 2.75) is 26.3 Å².